The molecule has 0 radical (unpaired) electrons. The molecule has 102 valence electrons. The third kappa shape index (κ3) is 2.04. The van der Waals surface area contributed by atoms with Crippen molar-refractivity contribution < 1.29 is 4.74 Å². The lowest BCUT2D eigenvalue weighted by atomic mass is 10.3. The topological polar surface area (TPSA) is 106 Å². The maximum absolute atomic E-state index is 9.31. The number of anilines is 2. The van der Waals surface area contributed by atoms with Crippen LogP contribution in [0.15, 0.2) is 18.3 Å². The Kier molecular flexibility index (Phi) is 3.18. The maximum Gasteiger partial charge on any atom is 0.178 e. The van der Waals surface area contributed by atoms with Gasteiger partial charge in [-0.3, -0.25) is 0 Å². The number of ether oxygens (including phenoxy) is 1. The number of nitrogens with zero attached hydrogens (tertiary/aromatic N) is 6. The number of nitriles is 1. The van der Waals surface area contributed by atoms with Crippen molar-refractivity contribution in [2.45, 2.75) is 0 Å². The van der Waals surface area contributed by atoms with Gasteiger partial charge in [-0.25, -0.2) is 0 Å². The molecule has 2 aromatic heterocycles. The number of hydrogen-bond acceptors (Lipinski definition) is 7. The van der Waals surface area contributed by atoms with Crippen LogP contribution < -0.4 is 10.6 Å². The van der Waals surface area contributed by atoms with Crippen LogP contribution >= 0.6 is 0 Å². The largest absolute Gasteiger partial charge is 0.382 e. The number of rotatable bonds is 2. The van der Waals surface area contributed by atoms with Crippen LogP contribution in [-0.4, -0.2) is 46.3 Å². The highest BCUT2D eigenvalue weighted by molar-refractivity contribution is 5.66. The molecule has 3 rings (SSSR count). The summed E-state index contributed by atoms with van der Waals surface area (Å²) in [6, 6.07) is 5.59. The highest BCUT2D eigenvalue weighted by Gasteiger charge is 2.23. The van der Waals surface area contributed by atoms with E-state index in [-0.39, 0.29) is 5.82 Å². The van der Waals surface area contributed by atoms with Crippen molar-refractivity contribution in [3.05, 3.63) is 23.9 Å². The van der Waals surface area contributed by atoms with Crippen molar-refractivity contribution in [1.29, 1.82) is 5.26 Å². The third-order valence-corrected chi connectivity index (χ3v) is 3.10. The molecule has 1 saturated heterocycles. The molecule has 0 aliphatic carbocycles. The van der Waals surface area contributed by atoms with Crippen LogP contribution in [0.1, 0.15) is 5.56 Å². The molecule has 1 aliphatic rings. The first-order valence-corrected chi connectivity index (χ1v) is 6.20. The molecule has 0 bridgehead atoms. The van der Waals surface area contributed by atoms with Gasteiger partial charge in [-0.05, 0) is 12.1 Å². The number of nitrogens with two attached hydrogens (primary N) is 1. The number of morpholine rings is 1. The van der Waals surface area contributed by atoms with E-state index in [1.54, 1.807) is 18.3 Å². The van der Waals surface area contributed by atoms with Crippen molar-refractivity contribution in [3.63, 3.8) is 0 Å². The van der Waals surface area contributed by atoms with E-state index < -0.39 is 0 Å². The van der Waals surface area contributed by atoms with Gasteiger partial charge in [0.15, 0.2) is 11.6 Å². The second-order valence-corrected chi connectivity index (χ2v) is 4.29. The van der Waals surface area contributed by atoms with Crippen LogP contribution in [-0.2, 0) is 4.74 Å². The van der Waals surface area contributed by atoms with E-state index in [1.165, 1.54) is 4.68 Å². The Morgan fingerprint density at radius 1 is 1.35 bits per heavy atom. The fourth-order valence-corrected chi connectivity index (χ4v) is 2.10. The van der Waals surface area contributed by atoms with Crippen LogP contribution in [0.2, 0.25) is 0 Å². The summed E-state index contributed by atoms with van der Waals surface area (Å²) in [5, 5.41) is 21.5. The molecule has 8 heteroatoms. The number of aromatic nitrogens is 4. The van der Waals surface area contributed by atoms with Gasteiger partial charge in [0.25, 0.3) is 0 Å². The van der Waals surface area contributed by atoms with Crippen LogP contribution in [0.5, 0.6) is 0 Å². The Balaban J connectivity index is 2.05. The van der Waals surface area contributed by atoms with Crippen LogP contribution in [0.25, 0.3) is 5.82 Å². The van der Waals surface area contributed by atoms with Crippen molar-refractivity contribution >= 4 is 11.6 Å². The molecular formula is C12H13N7O. The van der Waals surface area contributed by atoms with E-state index in [4.69, 9.17) is 10.5 Å². The standard InChI is InChI=1S/C12H13N7O/c13-8-9-11(14)19(10-2-1-3-15-16-10)17-12(9)18-4-6-20-7-5-18/h1-3H,4-7,14H2. The van der Waals surface area contributed by atoms with E-state index >= 15 is 0 Å². The van der Waals surface area contributed by atoms with Gasteiger partial charge in [-0.1, -0.05) is 0 Å². The number of hydrogen-bond donors (Lipinski definition) is 1. The summed E-state index contributed by atoms with van der Waals surface area (Å²) in [6.07, 6.45) is 1.57. The molecule has 0 atom stereocenters. The SMILES string of the molecule is N#Cc1c(N2CCOCC2)nn(-c2cccnn2)c1N. The van der Waals surface area contributed by atoms with Gasteiger partial charge in [-0.15, -0.1) is 10.2 Å². The summed E-state index contributed by atoms with van der Waals surface area (Å²) in [4.78, 5) is 1.99. The predicted octanol–water partition coefficient (Wildman–Crippen LogP) is -0.0472. The molecular weight excluding hydrogens is 258 g/mol. The summed E-state index contributed by atoms with van der Waals surface area (Å²) in [6.45, 7) is 2.60. The highest BCUT2D eigenvalue weighted by Crippen LogP contribution is 2.26. The molecule has 1 aliphatic heterocycles. The molecule has 0 spiro atoms. The molecule has 20 heavy (non-hydrogen) atoms. The quantitative estimate of drug-likeness (QED) is 0.816. The average molecular weight is 271 g/mol. The zero-order chi connectivity index (χ0) is 13.9. The van der Waals surface area contributed by atoms with Crippen molar-refractivity contribution in [2.75, 3.05) is 36.9 Å². The summed E-state index contributed by atoms with van der Waals surface area (Å²) in [5.41, 5.74) is 6.36. The summed E-state index contributed by atoms with van der Waals surface area (Å²) in [7, 11) is 0. The fraction of sp³-hybridized carbons (Fsp3) is 0.333. The Bertz CT molecular complexity index is 640. The molecule has 2 N–H and O–H groups in total. The highest BCUT2D eigenvalue weighted by atomic mass is 16.5. The van der Waals surface area contributed by atoms with Gasteiger partial charge in [0.1, 0.15) is 17.5 Å². The van der Waals surface area contributed by atoms with Crippen molar-refractivity contribution in [3.8, 4) is 11.9 Å². The lowest BCUT2D eigenvalue weighted by Crippen LogP contribution is -2.37. The van der Waals surface area contributed by atoms with Crippen LogP contribution in [0.4, 0.5) is 11.6 Å². The molecule has 2 aromatic rings. The molecule has 0 saturated carbocycles. The van der Waals surface area contributed by atoms with E-state index in [0.717, 1.165) is 0 Å². The van der Waals surface area contributed by atoms with Gasteiger partial charge in [-0.2, -0.15) is 15.0 Å². The van der Waals surface area contributed by atoms with Crippen LogP contribution in [0.3, 0.4) is 0 Å². The van der Waals surface area contributed by atoms with Gasteiger partial charge in [0.2, 0.25) is 0 Å². The van der Waals surface area contributed by atoms with Gasteiger partial charge >= 0.3 is 0 Å². The van der Waals surface area contributed by atoms with E-state index in [9.17, 15) is 5.26 Å². The van der Waals surface area contributed by atoms with E-state index in [0.29, 0.717) is 43.5 Å². The zero-order valence-electron chi connectivity index (χ0n) is 10.7. The molecule has 3 heterocycles. The average Bonchev–Trinajstić information content (AvgIpc) is 2.86. The van der Waals surface area contributed by atoms with E-state index in [2.05, 4.69) is 21.4 Å². The molecule has 8 nitrogen and oxygen atoms in total. The first kappa shape index (κ1) is 12.4. The van der Waals surface area contributed by atoms with Crippen molar-refractivity contribution in [1.82, 2.24) is 20.0 Å². The molecule has 0 amide bonds. The van der Waals surface area contributed by atoms with Crippen molar-refractivity contribution in [2.24, 2.45) is 0 Å². The Hall–Kier alpha value is -2.66. The Morgan fingerprint density at radius 2 is 2.15 bits per heavy atom. The van der Waals surface area contributed by atoms with Crippen LogP contribution in [0, 0.1) is 11.3 Å². The maximum atomic E-state index is 9.31. The minimum Gasteiger partial charge on any atom is -0.382 e. The molecule has 0 unspecified atom stereocenters. The predicted molar refractivity (Wildman–Crippen MR) is 71.3 cm³/mol. The summed E-state index contributed by atoms with van der Waals surface area (Å²) < 4.78 is 6.74. The lowest BCUT2D eigenvalue weighted by Gasteiger charge is -2.26. The molecule has 1 fully saturated rings. The lowest BCUT2D eigenvalue weighted by molar-refractivity contribution is 0.122. The number of nitrogen functional groups attached to an aromatic ring is 1. The Morgan fingerprint density at radius 3 is 2.80 bits per heavy atom. The van der Waals surface area contributed by atoms with E-state index in [1.807, 2.05) is 4.90 Å². The smallest absolute Gasteiger partial charge is 0.178 e. The monoisotopic (exact) mass is 271 g/mol. The first-order chi connectivity index (χ1) is 9.81. The van der Waals surface area contributed by atoms with Gasteiger partial charge < -0.3 is 15.4 Å². The normalized spacial score (nSPS) is 15.1. The first-order valence-electron chi connectivity index (χ1n) is 6.20. The van der Waals surface area contributed by atoms with Gasteiger partial charge in [0.05, 0.1) is 13.2 Å². The minimum absolute atomic E-state index is 0.273. The minimum atomic E-state index is 0.273. The fourth-order valence-electron chi connectivity index (χ4n) is 2.10. The molecule has 0 aromatic carbocycles. The van der Waals surface area contributed by atoms with Gasteiger partial charge in [0, 0.05) is 19.3 Å². The Labute approximate surface area is 115 Å². The zero-order valence-corrected chi connectivity index (χ0v) is 10.7. The second-order valence-electron chi connectivity index (χ2n) is 4.29. The second kappa shape index (κ2) is 5.14. The summed E-state index contributed by atoms with van der Waals surface area (Å²) in [5.74, 6) is 1.33. The summed E-state index contributed by atoms with van der Waals surface area (Å²) >= 11 is 0. The third-order valence-electron chi connectivity index (χ3n) is 3.10.